The van der Waals surface area contributed by atoms with E-state index in [0.29, 0.717) is 18.4 Å². The molecule has 1 heterocycles. The Kier molecular flexibility index (Phi) is 6.21. The summed E-state index contributed by atoms with van der Waals surface area (Å²) in [6.45, 7) is 6.66. The zero-order valence-electron chi connectivity index (χ0n) is 12.5. The Balaban J connectivity index is 2.00. The quantitative estimate of drug-likeness (QED) is 0.815. The number of rotatable bonds is 7. The van der Waals surface area contributed by atoms with Crippen molar-refractivity contribution in [1.82, 2.24) is 10.3 Å². The van der Waals surface area contributed by atoms with Gasteiger partial charge in [0.1, 0.15) is 6.61 Å². The maximum atomic E-state index is 5.86. The van der Waals surface area contributed by atoms with E-state index < -0.39 is 0 Å². The van der Waals surface area contributed by atoms with Crippen LogP contribution in [0.2, 0.25) is 0 Å². The van der Waals surface area contributed by atoms with Gasteiger partial charge in [-0.3, -0.25) is 0 Å². The van der Waals surface area contributed by atoms with E-state index in [4.69, 9.17) is 4.74 Å². The van der Waals surface area contributed by atoms with E-state index in [1.54, 1.807) is 6.20 Å². The van der Waals surface area contributed by atoms with Gasteiger partial charge in [0.05, 0.1) is 0 Å². The van der Waals surface area contributed by atoms with E-state index in [2.05, 4.69) is 58.3 Å². The molecule has 0 saturated heterocycles. The molecule has 0 atom stereocenters. The Labute approximate surface area is 134 Å². The third kappa shape index (κ3) is 5.48. The zero-order chi connectivity index (χ0) is 15.1. The maximum absolute atomic E-state index is 5.86. The van der Waals surface area contributed by atoms with Crippen molar-refractivity contribution in [3.63, 3.8) is 0 Å². The smallest absolute Gasteiger partial charge is 0.218 e. The molecule has 0 spiro atoms. The van der Waals surface area contributed by atoms with E-state index in [0.717, 1.165) is 28.7 Å². The van der Waals surface area contributed by atoms with Crippen LogP contribution in [0.15, 0.2) is 47.1 Å². The highest BCUT2D eigenvalue weighted by molar-refractivity contribution is 9.10. The largest absolute Gasteiger partial charge is 0.473 e. The lowest BCUT2D eigenvalue weighted by Gasteiger charge is -2.12. The van der Waals surface area contributed by atoms with Crippen LogP contribution in [0, 0.1) is 5.92 Å². The van der Waals surface area contributed by atoms with E-state index in [-0.39, 0.29) is 0 Å². The number of ether oxygens (including phenoxy) is 1. The molecule has 2 aromatic rings. The van der Waals surface area contributed by atoms with Gasteiger partial charge in [-0.2, -0.15) is 0 Å². The number of pyridine rings is 1. The summed E-state index contributed by atoms with van der Waals surface area (Å²) in [4.78, 5) is 4.38. The first-order chi connectivity index (χ1) is 10.1. The fourth-order valence-corrected chi connectivity index (χ4v) is 2.33. The highest BCUT2D eigenvalue weighted by Crippen LogP contribution is 2.21. The van der Waals surface area contributed by atoms with Gasteiger partial charge in [0.25, 0.3) is 0 Å². The van der Waals surface area contributed by atoms with E-state index >= 15 is 0 Å². The van der Waals surface area contributed by atoms with Crippen molar-refractivity contribution in [1.29, 1.82) is 0 Å². The first-order valence-electron chi connectivity index (χ1n) is 7.17. The molecule has 1 N–H and O–H groups in total. The Morgan fingerprint density at radius 3 is 2.71 bits per heavy atom. The zero-order valence-corrected chi connectivity index (χ0v) is 14.1. The third-order valence-corrected chi connectivity index (χ3v) is 3.41. The van der Waals surface area contributed by atoms with E-state index in [9.17, 15) is 0 Å². The molecule has 21 heavy (non-hydrogen) atoms. The molecule has 0 aliphatic heterocycles. The number of nitrogens with zero attached hydrogens (tertiary/aromatic N) is 1. The second kappa shape index (κ2) is 8.15. The first-order valence-corrected chi connectivity index (χ1v) is 7.96. The Morgan fingerprint density at radius 2 is 2.00 bits per heavy atom. The number of hydrogen-bond donors (Lipinski definition) is 1. The van der Waals surface area contributed by atoms with Crippen molar-refractivity contribution < 1.29 is 4.74 Å². The molecule has 4 heteroatoms. The third-order valence-electron chi connectivity index (χ3n) is 2.98. The molecule has 0 aliphatic carbocycles. The van der Waals surface area contributed by atoms with Gasteiger partial charge in [-0.15, -0.1) is 0 Å². The van der Waals surface area contributed by atoms with Crippen LogP contribution < -0.4 is 10.1 Å². The topological polar surface area (TPSA) is 34.2 Å². The number of benzene rings is 1. The minimum atomic E-state index is 0.534. The molecular weight excluding hydrogens is 328 g/mol. The van der Waals surface area contributed by atoms with Crippen molar-refractivity contribution >= 4 is 15.9 Å². The average Bonchev–Trinajstić information content (AvgIpc) is 2.47. The highest BCUT2D eigenvalue weighted by atomic mass is 79.9. The number of aromatic nitrogens is 1. The second-order valence-electron chi connectivity index (χ2n) is 5.42. The van der Waals surface area contributed by atoms with Crippen molar-refractivity contribution in [3.05, 3.63) is 58.2 Å². The van der Waals surface area contributed by atoms with Gasteiger partial charge in [-0.25, -0.2) is 4.98 Å². The summed E-state index contributed by atoms with van der Waals surface area (Å²) in [5.74, 6) is 1.32. The first kappa shape index (κ1) is 16.0. The van der Waals surface area contributed by atoms with E-state index in [1.165, 1.54) is 0 Å². The molecule has 0 radical (unpaired) electrons. The molecule has 1 aromatic heterocycles. The van der Waals surface area contributed by atoms with Crippen LogP contribution in [0.25, 0.3) is 0 Å². The molecule has 112 valence electrons. The summed E-state index contributed by atoms with van der Waals surface area (Å²) in [6.07, 6.45) is 1.77. The van der Waals surface area contributed by atoms with E-state index in [1.807, 2.05) is 18.2 Å². The predicted molar refractivity (Wildman–Crippen MR) is 89.3 cm³/mol. The van der Waals surface area contributed by atoms with Crippen molar-refractivity contribution in [2.24, 2.45) is 5.92 Å². The van der Waals surface area contributed by atoms with Crippen LogP contribution in [-0.4, -0.2) is 11.5 Å². The molecule has 0 unspecified atom stereocenters. The summed E-state index contributed by atoms with van der Waals surface area (Å²) in [7, 11) is 0. The van der Waals surface area contributed by atoms with Gasteiger partial charge in [-0.05, 0) is 40.0 Å². The molecular formula is C17H21BrN2O. The Hall–Kier alpha value is -1.39. The fourth-order valence-electron chi connectivity index (χ4n) is 1.95. The van der Waals surface area contributed by atoms with Gasteiger partial charge >= 0.3 is 0 Å². The summed E-state index contributed by atoms with van der Waals surface area (Å²) >= 11 is 3.47. The maximum Gasteiger partial charge on any atom is 0.218 e. The van der Waals surface area contributed by atoms with Crippen LogP contribution in [0.4, 0.5) is 0 Å². The summed E-state index contributed by atoms with van der Waals surface area (Å²) in [5.41, 5.74) is 2.21. The van der Waals surface area contributed by atoms with Gasteiger partial charge < -0.3 is 10.1 Å². The predicted octanol–water partition coefficient (Wildman–Crippen LogP) is 4.17. The number of halogens is 1. The molecule has 0 amide bonds. The van der Waals surface area contributed by atoms with Crippen LogP contribution >= 0.6 is 15.9 Å². The summed E-state index contributed by atoms with van der Waals surface area (Å²) in [6, 6.07) is 12.2. The van der Waals surface area contributed by atoms with Crippen LogP contribution in [-0.2, 0) is 13.2 Å². The molecule has 2 rings (SSSR count). The molecule has 1 aromatic carbocycles. The highest BCUT2D eigenvalue weighted by Gasteiger charge is 2.07. The lowest BCUT2D eigenvalue weighted by atomic mass is 10.2. The van der Waals surface area contributed by atoms with Crippen LogP contribution in [0.1, 0.15) is 25.0 Å². The average molecular weight is 349 g/mol. The van der Waals surface area contributed by atoms with Crippen molar-refractivity contribution in [2.45, 2.75) is 27.0 Å². The van der Waals surface area contributed by atoms with Crippen LogP contribution in [0.5, 0.6) is 5.88 Å². The number of nitrogens with one attached hydrogen (secondary N) is 1. The van der Waals surface area contributed by atoms with Gasteiger partial charge in [0, 0.05) is 22.8 Å². The minimum Gasteiger partial charge on any atom is -0.473 e. The monoisotopic (exact) mass is 348 g/mol. The standard InChI is InChI=1S/C17H21BrN2O/c1-13(2)9-19-10-15-8-16(18)11-20-17(15)21-12-14-6-4-3-5-7-14/h3-8,11,13,19H,9-10,12H2,1-2H3. The minimum absolute atomic E-state index is 0.534. The summed E-state index contributed by atoms with van der Waals surface area (Å²) < 4.78 is 6.83. The molecule has 0 fully saturated rings. The van der Waals surface area contributed by atoms with Gasteiger partial charge in [-0.1, -0.05) is 44.2 Å². The fraction of sp³-hybridized carbons (Fsp3) is 0.353. The molecule has 0 bridgehead atoms. The summed E-state index contributed by atoms with van der Waals surface area (Å²) in [5, 5.41) is 3.43. The normalized spacial score (nSPS) is 10.9. The van der Waals surface area contributed by atoms with Gasteiger partial charge in [0.15, 0.2) is 0 Å². The lowest BCUT2D eigenvalue weighted by molar-refractivity contribution is 0.289. The van der Waals surface area contributed by atoms with Crippen molar-refractivity contribution in [2.75, 3.05) is 6.54 Å². The van der Waals surface area contributed by atoms with Crippen LogP contribution in [0.3, 0.4) is 0 Å². The number of hydrogen-bond acceptors (Lipinski definition) is 3. The second-order valence-corrected chi connectivity index (χ2v) is 6.33. The molecule has 0 aliphatic rings. The molecule has 3 nitrogen and oxygen atoms in total. The van der Waals surface area contributed by atoms with Gasteiger partial charge in [0.2, 0.25) is 5.88 Å². The SMILES string of the molecule is CC(C)CNCc1cc(Br)cnc1OCc1ccccc1. The molecule has 0 saturated carbocycles. The lowest BCUT2D eigenvalue weighted by Crippen LogP contribution is -2.19. The van der Waals surface area contributed by atoms with Crippen molar-refractivity contribution in [3.8, 4) is 5.88 Å². The Morgan fingerprint density at radius 1 is 1.24 bits per heavy atom. The Bertz CT molecular complexity index is 558.